The Hall–Kier alpha value is -2.55. The lowest BCUT2D eigenvalue weighted by molar-refractivity contribution is 0.902. The highest BCUT2D eigenvalue weighted by atomic mass is 15.0. The molecule has 0 atom stereocenters. The molecular weight excluding hydrogens is 270 g/mol. The summed E-state index contributed by atoms with van der Waals surface area (Å²) in [5, 5.41) is 0. The van der Waals surface area contributed by atoms with Crippen LogP contribution in [0.4, 0.5) is 0 Å². The van der Waals surface area contributed by atoms with E-state index >= 15 is 0 Å². The zero-order valence-corrected chi connectivity index (χ0v) is 13.2. The first-order chi connectivity index (χ1) is 10.6. The molecule has 0 unspecified atom stereocenters. The van der Waals surface area contributed by atoms with Gasteiger partial charge in [0.2, 0.25) is 0 Å². The number of rotatable bonds is 2. The summed E-state index contributed by atoms with van der Waals surface area (Å²) < 4.78 is 0. The zero-order chi connectivity index (χ0) is 15.5. The van der Waals surface area contributed by atoms with Crippen molar-refractivity contribution in [3.63, 3.8) is 0 Å². The first-order valence-corrected chi connectivity index (χ1v) is 7.46. The van der Waals surface area contributed by atoms with Gasteiger partial charge in [0, 0.05) is 5.57 Å². The summed E-state index contributed by atoms with van der Waals surface area (Å²) in [4.78, 5) is 13.2. The predicted molar refractivity (Wildman–Crippen MR) is 90.1 cm³/mol. The van der Waals surface area contributed by atoms with Crippen molar-refractivity contribution in [1.82, 2.24) is 15.0 Å². The van der Waals surface area contributed by atoms with Crippen molar-refractivity contribution in [2.75, 3.05) is 0 Å². The van der Waals surface area contributed by atoms with Gasteiger partial charge in [0.05, 0.1) is 0 Å². The molecule has 110 valence electrons. The van der Waals surface area contributed by atoms with Gasteiger partial charge in [-0.3, -0.25) is 0 Å². The van der Waals surface area contributed by atoms with Crippen LogP contribution < -0.4 is 0 Å². The maximum Gasteiger partial charge on any atom is 0.162 e. The molecule has 0 N–H and O–H groups in total. The highest BCUT2D eigenvalue weighted by Gasteiger charge is 2.10. The van der Waals surface area contributed by atoms with Crippen LogP contribution >= 0.6 is 0 Å². The summed E-state index contributed by atoms with van der Waals surface area (Å²) in [5.74, 6) is 2.27. The van der Waals surface area contributed by atoms with Crippen molar-refractivity contribution < 1.29 is 0 Å². The Morgan fingerprint density at radius 2 is 1.50 bits per heavy atom. The molecule has 1 aliphatic rings. The molecule has 22 heavy (non-hydrogen) atoms. The van der Waals surface area contributed by atoms with Gasteiger partial charge < -0.3 is 0 Å². The number of aromatic nitrogens is 3. The molecular formula is C19H19N3. The number of hydrogen-bond donors (Lipinski definition) is 0. The topological polar surface area (TPSA) is 38.7 Å². The molecule has 0 saturated carbocycles. The zero-order valence-electron chi connectivity index (χ0n) is 13.2. The second-order valence-corrected chi connectivity index (χ2v) is 5.51. The molecule has 3 heteroatoms. The van der Waals surface area contributed by atoms with Crippen LogP contribution in [0.15, 0.2) is 54.1 Å². The molecule has 0 amide bonds. The van der Waals surface area contributed by atoms with Gasteiger partial charge in [-0.15, -0.1) is 0 Å². The lowest BCUT2D eigenvalue weighted by atomic mass is 9.99. The lowest BCUT2D eigenvalue weighted by Crippen LogP contribution is -2.01. The van der Waals surface area contributed by atoms with Crippen LogP contribution in [0.3, 0.4) is 0 Å². The van der Waals surface area contributed by atoms with Gasteiger partial charge in [-0.1, -0.05) is 54.1 Å². The third-order valence-corrected chi connectivity index (χ3v) is 3.72. The number of aryl methyl sites for hydroxylation is 2. The Bertz CT molecular complexity index is 763. The Morgan fingerprint density at radius 1 is 0.818 bits per heavy atom. The minimum absolute atomic E-state index is 0.753. The summed E-state index contributed by atoms with van der Waals surface area (Å²) in [6.45, 7) is 5.98. The minimum Gasteiger partial charge on any atom is -0.219 e. The van der Waals surface area contributed by atoms with Gasteiger partial charge in [-0.05, 0) is 38.3 Å². The van der Waals surface area contributed by atoms with Crippen LogP contribution in [0.1, 0.15) is 36.4 Å². The molecule has 1 aromatic heterocycles. The van der Waals surface area contributed by atoms with Gasteiger partial charge >= 0.3 is 0 Å². The molecule has 0 bridgehead atoms. The van der Waals surface area contributed by atoms with E-state index in [1.165, 1.54) is 16.7 Å². The van der Waals surface area contributed by atoms with E-state index in [0.717, 1.165) is 29.5 Å². The van der Waals surface area contributed by atoms with E-state index in [1.807, 2.05) is 19.9 Å². The maximum atomic E-state index is 4.46. The summed E-state index contributed by atoms with van der Waals surface area (Å²) in [6, 6.07) is 10.5. The molecule has 3 nitrogen and oxygen atoms in total. The molecule has 1 aliphatic carbocycles. The number of nitrogens with zero attached hydrogens (tertiary/aromatic N) is 3. The number of benzene rings is 1. The summed E-state index contributed by atoms with van der Waals surface area (Å²) in [6.07, 6.45) is 7.36. The highest BCUT2D eigenvalue weighted by Crippen LogP contribution is 2.28. The molecule has 1 heterocycles. The highest BCUT2D eigenvalue weighted by molar-refractivity contribution is 5.83. The van der Waals surface area contributed by atoms with Gasteiger partial charge in [-0.2, -0.15) is 0 Å². The second-order valence-electron chi connectivity index (χ2n) is 5.51. The minimum atomic E-state index is 0.753. The van der Waals surface area contributed by atoms with Gasteiger partial charge in [0.1, 0.15) is 11.6 Å². The molecule has 1 aromatic carbocycles. The van der Waals surface area contributed by atoms with Crippen LogP contribution in [-0.2, 0) is 0 Å². The van der Waals surface area contributed by atoms with Crippen molar-refractivity contribution in [3.05, 3.63) is 77.2 Å². The average Bonchev–Trinajstić information content (AvgIpc) is 2.69. The quantitative estimate of drug-likeness (QED) is 0.827. The first kappa shape index (κ1) is 14.4. The Labute approximate surface area is 131 Å². The molecule has 0 spiro atoms. The van der Waals surface area contributed by atoms with Crippen molar-refractivity contribution in [2.24, 2.45) is 0 Å². The van der Waals surface area contributed by atoms with Crippen LogP contribution in [0.25, 0.3) is 11.1 Å². The summed E-state index contributed by atoms with van der Waals surface area (Å²) in [5.41, 5.74) is 4.92. The summed E-state index contributed by atoms with van der Waals surface area (Å²) >= 11 is 0. The Balaban J connectivity index is 1.97. The van der Waals surface area contributed by atoms with E-state index in [9.17, 15) is 0 Å². The van der Waals surface area contributed by atoms with Gasteiger partial charge in [-0.25, -0.2) is 15.0 Å². The van der Waals surface area contributed by atoms with Crippen LogP contribution in [-0.4, -0.2) is 15.0 Å². The van der Waals surface area contributed by atoms with Crippen molar-refractivity contribution in [3.8, 4) is 0 Å². The molecule has 0 fully saturated rings. The SMILES string of the molecule is CC1=C(c2ccccc2)C=CC(c2nc(C)nc(C)n2)=CC1. The monoisotopic (exact) mass is 289 g/mol. The largest absolute Gasteiger partial charge is 0.219 e. The third kappa shape index (κ3) is 3.03. The Kier molecular flexibility index (Phi) is 3.96. The van der Waals surface area contributed by atoms with E-state index in [1.54, 1.807) is 0 Å². The average molecular weight is 289 g/mol. The molecule has 2 aromatic rings. The van der Waals surface area contributed by atoms with Gasteiger partial charge in [0.25, 0.3) is 0 Å². The fourth-order valence-corrected chi connectivity index (χ4v) is 2.63. The molecule has 3 rings (SSSR count). The van der Waals surface area contributed by atoms with Gasteiger partial charge in [0.15, 0.2) is 5.82 Å². The third-order valence-electron chi connectivity index (χ3n) is 3.72. The van der Waals surface area contributed by atoms with Crippen molar-refractivity contribution in [1.29, 1.82) is 0 Å². The van der Waals surface area contributed by atoms with E-state index in [0.29, 0.717) is 0 Å². The molecule has 0 radical (unpaired) electrons. The van der Waals surface area contributed by atoms with E-state index < -0.39 is 0 Å². The molecule has 0 aliphatic heterocycles. The lowest BCUT2D eigenvalue weighted by Gasteiger charge is -2.05. The smallest absolute Gasteiger partial charge is 0.162 e. The fraction of sp³-hybridized carbons (Fsp3) is 0.211. The standard InChI is InChI=1S/C19H19N3/c1-13-9-10-17(19-21-14(2)20-15(3)22-19)11-12-18(13)16-7-5-4-6-8-16/h4-8,10-12H,9H2,1-3H3. The maximum absolute atomic E-state index is 4.46. The van der Waals surface area contributed by atoms with Crippen LogP contribution in [0, 0.1) is 13.8 Å². The Morgan fingerprint density at radius 3 is 2.18 bits per heavy atom. The second kappa shape index (κ2) is 6.06. The van der Waals surface area contributed by atoms with Crippen molar-refractivity contribution >= 4 is 11.1 Å². The molecule has 0 saturated heterocycles. The van der Waals surface area contributed by atoms with Crippen LogP contribution in [0.2, 0.25) is 0 Å². The summed E-state index contributed by atoms with van der Waals surface area (Å²) in [7, 11) is 0. The number of allylic oxidation sites excluding steroid dienone is 6. The normalized spacial score (nSPS) is 14.8. The fourth-order valence-electron chi connectivity index (χ4n) is 2.63. The van der Waals surface area contributed by atoms with E-state index in [-0.39, 0.29) is 0 Å². The van der Waals surface area contributed by atoms with Crippen LogP contribution in [0.5, 0.6) is 0 Å². The number of hydrogen-bond acceptors (Lipinski definition) is 3. The first-order valence-electron chi connectivity index (χ1n) is 7.46. The van der Waals surface area contributed by atoms with E-state index in [2.05, 4.69) is 64.4 Å². The predicted octanol–water partition coefficient (Wildman–Crippen LogP) is 4.31. The van der Waals surface area contributed by atoms with Crippen molar-refractivity contribution in [2.45, 2.75) is 27.2 Å². The van der Waals surface area contributed by atoms with E-state index in [4.69, 9.17) is 0 Å².